The summed E-state index contributed by atoms with van der Waals surface area (Å²) in [5.41, 5.74) is 1.69. The number of aromatic nitrogens is 1. The van der Waals surface area contributed by atoms with Crippen LogP contribution < -0.4 is 0 Å². The maximum atomic E-state index is 6.20. The Kier molecular flexibility index (Phi) is 3.93. The average Bonchev–Trinajstić information content (AvgIpc) is 2.75. The quantitative estimate of drug-likeness (QED) is 0.581. The molecule has 1 nitrogen and oxygen atoms in total. The zero-order valence-corrected chi connectivity index (χ0v) is 13.3. The molecule has 0 fully saturated rings. The Morgan fingerprint density at radius 3 is 2.28 bits per heavy atom. The van der Waals surface area contributed by atoms with Crippen molar-refractivity contribution in [3.05, 3.63) is 37.6 Å². The number of benzene rings is 1. The van der Waals surface area contributed by atoms with E-state index in [1.807, 2.05) is 11.4 Å². The van der Waals surface area contributed by atoms with Crippen LogP contribution >= 0.6 is 46.1 Å². The number of hydrogen-bond donors (Lipinski definition) is 0. The summed E-state index contributed by atoms with van der Waals surface area (Å²) in [5, 5.41) is 4.35. The summed E-state index contributed by atoms with van der Waals surface area (Å²) in [6.45, 7) is 6.39. The molecule has 0 N–H and O–H groups in total. The van der Waals surface area contributed by atoms with Crippen molar-refractivity contribution in [2.45, 2.75) is 26.2 Å². The molecule has 18 heavy (non-hydrogen) atoms. The molecule has 0 atom stereocenters. The van der Waals surface area contributed by atoms with Gasteiger partial charge >= 0.3 is 0 Å². The highest BCUT2D eigenvalue weighted by Gasteiger charge is 2.20. The highest BCUT2D eigenvalue weighted by molar-refractivity contribution is 7.10. The second kappa shape index (κ2) is 5.01. The molecule has 96 valence electrons. The maximum Gasteiger partial charge on any atom is 0.0986 e. The summed E-state index contributed by atoms with van der Waals surface area (Å²) in [4.78, 5) is 4.62. The molecule has 0 radical (unpaired) electrons. The van der Waals surface area contributed by atoms with E-state index in [0.717, 1.165) is 16.3 Å². The molecule has 0 spiro atoms. The normalized spacial score (nSPS) is 11.9. The van der Waals surface area contributed by atoms with Crippen molar-refractivity contribution in [2.75, 3.05) is 0 Å². The molecule has 1 heterocycles. The number of thiazole rings is 1. The monoisotopic (exact) mass is 319 g/mol. The van der Waals surface area contributed by atoms with Crippen LogP contribution in [0.2, 0.25) is 15.1 Å². The molecular weight excluding hydrogens is 309 g/mol. The van der Waals surface area contributed by atoms with Gasteiger partial charge in [0.2, 0.25) is 0 Å². The predicted molar refractivity (Wildman–Crippen MR) is 81.3 cm³/mol. The van der Waals surface area contributed by atoms with Crippen molar-refractivity contribution in [3.63, 3.8) is 0 Å². The Morgan fingerprint density at radius 2 is 1.72 bits per heavy atom. The Hall–Kier alpha value is -0.280. The van der Waals surface area contributed by atoms with Gasteiger partial charge in [0.05, 0.1) is 25.8 Å². The van der Waals surface area contributed by atoms with E-state index in [-0.39, 0.29) is 5.41 Å². The van der Waals surface area contributed by atoms with Crippen LogP contribution in [0.4, 0.5) is 0 Å². The summed E-state index contributed by atoms with van der Waals surface area (Å²) >= 11 is 19.8. The molecule has 0 aliphatic carbocycles. The van der Waals surface area contributed by atoms with Crippen molar-refractivity contribution in [3.8, 4) is 11.3 Å². The minimum absolute atomic E-state index is 0.0333. The van der Waals surface area contributed by atoms with Gasteiger partial charge < -0.3 is 0 Å². The Morgan fingerprint density at radius 1 is 1.06 bits per heavy atom. The molecule has 1 aromatic carbocycles. The van der Waals surface area contributed by atoms with Crippen molar-refractivity contribution in [1.29, 1.82) is 0 Å². The van der Waals surface area contributed by atoms with Gasteiger partial charge in [-0.2, -0.15) is 0 Å². The SMILES string of the molecule is CC(C)(C)c1nc(-c2ccc(Cl)c(Cl)c2Cl)cs1. The third-order valence-electron chi connectivity index (χ3n) is 2.46. The average molecular weight is 321 g/mol. The predicted octanol–water partition coefficient (Wildman–Crippen LogP) is 6.07. The molecule has 0 unspecified atom stereocenters. The molecule has 1 aromatic heterocycles. The van der Waals surface area contributed by atoms with Gasteiger partial charge in [-0.1, -0.05) is 55.6 Å². The smallest absolute Gasteiger partial charge is 0.0986 e. The third-order valence-corrected chi connectivity index (χ3v) is 5.02. The van der Waals surface area contributed by atoms with E-state index in [9.17, 15) is 0 Å². The van der Waals surface area contributed by atoms with E-state index < -0.39 is 0 Å². The lowest BCUT2D eigenvalue weighted by atomic mass is 9.98. The van der Waals surface area contributed by atoms with Crippen LogP contribution in [0.5, 0.6) is 0 Å². The van der Waals surface area contributed by atoms with Gasteiger partial charge in [0.25, 0.3) is 0 Å². The molecule has 0 aliphatic rings. The lowest BCUT2D eigenvalue weighted by Gasteiger charge is -2.13. The van der Waals surface area contributed by atoms with E-state index >= 15 is 0 Å². The fraction of sp³-hybridized carbons (Fsp3) is 0.308. The fourth-order valence-electron chi connectivity index (χ4n) is 1.47. The summed E-state index contributed by atoms with van der Waals surface area (Å²) in [5.74, 6) is 0. The zero-order valence-electron chi connectivity index (χ0n) is 10.2. The lowest BCUT2D eigenvalue weighted by molar-refractivity contribution is 0.586. The third kappa shape index (κ3) is 2.67. The minimum Gasteiger partial charge on any atom is -0.241 e. The van der Waals surface area contributed by atoms with Gasteiger partial charge in [0, 0.05) is 16.4 Å². The minimum atomic E-state index is 0.0333. The molecule has 0 aliphatic heterocycles. The summed E-state index contributed by atoms with van der Waals surface area (Å²) < 4.78 is 0. The second-order valence-electron chi connectivity index (χ2n) is 5.01. The number of nitrogens with zero attached hydrogens (tertiary/aromatic N) is 1. The second-order valence-corrected chi connectivity index (χ2v) is 7.03. The van der Waals surface area contributed by atoms with E-state index in [1.54, 1.807) is 17.4 Å². The largest absolute Gasteiger partial charge is 0.241 e. The van der Waals surface area contributed by atoms with Crippen molar-refractivity contribution >= 4 is 46.1 Å². The molecule has 0 saturated heterocycles. The van der Waals surface area contributed by atoms with Crippen LogP contribution in [0.15, 0.2) is 17.5 Å². The molecule has 0 amide bonds. The van der Waals surface area contributed by atoms with E-state index in [1.165, 1.54) is 0 Å². The van der Waals surface area contributed by atoms with E-state index in [4.69, 9.17) is 34.8 Å². The van der Waals surface area contributed by atoms with Gasteiger partial charge in [-0.3, -0.25) is 0 Å². The van der Waals surface area contributed by atoms with Gasteiger partial charge in [-0.25, -0.2) is 4.98 Å². The zero-order chi connectivity index (χ0) is 13.5. The summed E-state index contributed by atoms with van der Waals surface area (Å²) in [7, 11) is 0. The van der Waals surface area contributed by atoms with Gasteiger partial charge in [0.1, 0.15) is 0 Å². The topological polar surface area (TPSA) is 12.9 Å². The van der Waals surface area contributed by atoms with Crippen LogP contribution in [0.3, 0.4) is 0 Å². The first-order valence-electron chi connectivity index (χ1n) is 5.40. The van der Waals surface area contributed by atoms with Gasteiger partial charge in [-0.15, -0.1) is 11.3 Å². The molecule has 0 saturated carbocycles. The molecule has 2 rings (SSSR count). The fourth-order valence-corrected chi connectivity index (χ4v) is 3.01. The van der Waals surface area contributed by atoms with Crippen LogP contribution in [-0.4, -0.2) is 4.98 Å². The number of halogens is 3. The Bertz CT molecular complexity index is 584. The lowest BCUT2D eigenvalue weighted by Crippen LogP contribution is -2.10. The van der Waals surface area contributed by atoms with Crippen LogP contribution in [-0.2, 0) is 5.41 Å². The molecule has 2 aromatic rings. The highest BCUT2D eigenvalue weighted by atomic mass is 35.5. The molecular formula is C13H12Cl3NS. The van der Waals surface area contributed by atoms with Gasteiger partial charge in [-0.05, 0) is 12.1 Å². The van der Waals surface area contributed by atoms with Crippen LogP contribution in [0.25, 0.3) is 11.3 Å². The Balaban J connectivity index is 2.50. The van der Waals surface area contributed by atoms with Crippen molar-refractivity contribution < 1.29 is 0 Å². The standard InChI is InChI=1S/C13H12Cl3NS/c1-13(2,3)12-17-9(6-18-12)7-4-5-8(14)11(16)10(7)15/h4-6H,1-3H3. The van der Waals surface area contributed by atoms with Crippen LogP contribution in [0.1, 0.15) is 25.8 Å². The van der Waals surface area contributed by atoms with Crippen LogP contribution in [0, 0.1) is 0 Å². The number of rotatable bonds is 1. The van der Waals surface area contributed by atoms with E-state index in [2.05, 4.69) is 25.8 Å². The summed E-state index contributed by atoms with van der Waals surface area (Å²) in [6.07, 6.45) is 0. The summed E-state index contributed by atoms with van der Waals surface area (Å²) in [6, 6.07) is 3.58. The molecule has 5 heteroatoms. The maximum absolute atomic E-state index is 6.20. The first-order valence-corrected chi connectivity index (χ1v) is 7.42. The molecule has 0 bridgehead atoms. The Labute approximate surface area is 126 Å². The number of hydrogen-bond acceptors (Lipinski definition) is 2. The van der Waals surface area contributed by atoms with E-state index in [0.29, 0.717) is 15.1 Å². The van der Waals surface area contributed by atoms with Gasteiger partial charge in [0.15, 0.2) is 0 Å². The first kappa shape index (κ1) is 14.1. The van der Waals surface area contributed by atoms with Crippen molar-refractivity contribution in [2.24, 2.45) is 0 Å². The first-order chi connectivity index (χ1) is 8.30. The highest BCUT2D eigenvalue weighted by Crippen LogP contribution is 2.39. The van der Waals surface area contributed by atoms with Crippen molar-refractivity contribution in [1.82, 2.24) is 4.98 Å².